The Hall–Kier alpha value is -3.54. The van der Waals surface area contributed by atoms with Crippen LogP contribution in [0.1, 0.15) is 11.3 Å². The highest BCUT2D eigenvalue weighted by molar-refractivity contribution is 7.89. The number of H-pyrrole nitrogens is 2. The zero-order valence-electron chi connectivity index (χ0n) is 16.6. The molecule has 4 N–H and O–H groups in total. The fourth-order valence-corrected chi connectivity index (χ4v) is 5.30. The van der Waals surface area contributed by atoms with E-state index in [1.54, 1.807) is 36.4 Å². The Kier molecular flexibility index (Phi) is 5.21. The van der Waals surface area contributed by atoms with Crippen LogP contribution in [0.4, 0.5) is 5.69 Å². The summed E-state index contributed by atoms with van der Waals surface area (Å²) in [7, 11) is -3.63. The summed E-state index contributed by atoms with van der Waals surface area (Å²) >= 11 is 1.49. The van der Waals surface area contributed by atoms with Crippen LogP contribution in [0.15, 0.2) is 64.3 Å². The summed E-state index contributed by atoms with van der Waals surface area (Å²) in [5, 5.41) is 11.2. The molecule has 32 heavy (non-hydrogen) atoms. The lowest BCUT2D eigenvalue weighted by Crippen LogP contribution is -2.26. The molecule has 0 radical (unpaired) electrons. The summed E-state index contributed by atoms with van der Waals surface area (Å²) in [6.45, 7) is 0.260. The molecule has 11 heteroatoms. The Morgan fingerprint density at radius 2 is 2.03 bits per heavy atom. The molecule has 0 spiro atoms. The van der Waals surface area contributed by atoms with Gasteiger partial charge in [-0.05, 0) is 36.4 Å². The first kappa shape index (κ1) is 20.4. The Labute approximate surface area is 187 Å². The number of aromatic hydroxyl groups is 1. The lowest BCUT2D eigenvalue weighted by Gasteiger charge is -2.06. The molecule has 0 unspecified atom stereocenters. The summed E-state index contributed by atoms with van der Waals surface area (Å²) in [4.78, 5) is 18.7. The van der Waals surface area contributed by atoms with Gasteiger partial charge >= 0.3 is 0 Å². The fraction of sp³-hybridized carbons (Fsp3) is 0.0952. The molecule has 0 aliphatic heterocycles. The Balaban J connectivity index is 1.35. The monoisotopic (exact) mass is 466 g/mol. The van der Waals surface area contributed by atoms with Gasteiger partial charge in [-0.3, -0.25) is 4.99 Å². The summed E-state index contributed by atoms with van der Waals surface area (Å²) in [6, 6.07) is 10.0. The van der Waals surface area contributed by atoms with Gasteiger partial charge in [0.15, 0.2) is 5.88 Å². The molecule has 5 aromatic rings. The van der Waals surface area contributed by atoms with Crippen LogP contribution in [0.5, 0.6) is 5.88 Å². The Morgan fingerprint density at radius 1 is 1.19 bits per heavy atom. The molecule has 3 aromatic heterocycles. The van der Waals surface area contributed by atoms with Crippen molar-refractivity contribution in [2.75, 3.05) is 6.54 Å². The second-order valence-electron chi connectivity index (χ2n) is 7.05. The second kappa shape index (κ2) is 8.19. The van der Waals surface area contributed by atoms with Gasteiger partial charge in [0.25, 0.3) is 0 Å². The van der Waals surface area contributed by atoms with Crippen LogP contribution in [0, 0.1) is 0 Å². The average Bonchev–Trinajstić information content (AvgIpc) is 3.52. The van der Waals surface area contributed by atoms with E-state index in [2.05, 4.69) is 29.7 Å². The number of benzene rings is 2. The third kappa shape index (κ3) is 3.88. The SMILES string of the molecule is O=S(=O)(NCCc1cnc[nH]1)c1ccc(N=Cc2c(O)[nH]c3ccc4ncsc4c23)cc1. The first-order valence-corrected chi connectivity index (χ1v) is 12.1. The number of hydrogen-bond acceptors (Lipinski definition) is 7. The van der Waals surface area contributed by atoms with E-state index in [1.807, 2.05) is 12.1 Å². The van der Waals surface area contributed by atoms with Crippen LogP contribution in [0.2, 0.25) is 0 Å². The molecular weight excluding hydrogens is 448 g/mol. The van der Waals surface area contributed by atoms with Crippen LogP contribution in [-0.2, 0) is 16.4 Å². The largest absolute Gasteiger partial charge is 0.494 e. The highest BCUT2D eigenvalue weighted by Gasteiger charge is 2.15. The molecule has 3 heterocycles. The van der Waals surface area contributed by atoms with Crippen molar-refractivity contribution in [1.82, 2.24) is 24.7 Å². The third-order valence-electron chi connectivity index (χ3n) is 5.01. The molecule has 0 fully saturated rings. The molecule has 0 amide bonds. The van der Waals surface area contributed by atoms with Crippen LogP contribution in [0.25, 0.3) is 21.1 Å². The number of aromatic amines is 2. The van der Waals surface area contributed by atoms with E-state index in [9.17, 15) is 13.5 Å². The zero-order valence-corrected chi connectivity index (χ0v) is 18.2. The van der Waals surface area contributed by atoms with Gasteiger partial charge in [-0.15, -0.1) is 11.3 Å². The molecule has 0 saturated heterocycles. The van der Waals surface area contributed by atoms with Crippen molar-refractivity contribution >= 4 is 54.4 Å². The lowest BCUT2D eigenvalue weighted by molar-refractivity contribution is 0.457. The number of aromatic nitrogens is 4. The van der Waals surface area contributed by atoms with Crippen LogP contribution in [0.3, 0.4) is 0 Å². The fourth-order valence-electron chi connectivity index (χ4n) is 3.41. The van der Waals surface area contributed by atoms with Crippen molar-refractivity contribution in [1.29, 1.82) is 0 Å². The number of hydrogen-bond donors (Lipinski definition) is 4. The van der Waals surface area contributed by atoms with Gasteiger partial charge in [-0.2, -0.15) is 0 Å². The zero-order chi connectivity index (χ0) is 22.1. The molecule has 0 aliphatic carbocycles. The molecule has 0 bridgehead atoms. The molecule has 0 atom stereocenters. The minimum atomic E-state index is -3.63. The average molecular weight is 467 g/mol. The predicted octanol–water partition coefficient (Wildman–Crippen LogP) is 3.48. The molecule has 2 aromatic carbocycles. The predicted molar refractivity (Wildman–Crippen MR) is 124 cm³/mol. The van der Waals surface area contributed by atoms with Crippen molar-refractivity contribution in [3.8, 4) is 5.88 Å². The van der Waals surface area contributed by atoms with Gasteiger partial charge in [0.1, 0.15) is 0 Å². The Morgan fingerprint density at radius 3 is 2.81 bits per heavy atom. The summed E-state index contributed by atoms with van der Waals surface area (Å²) in [5.41, 5.74) is 5.39. The maximum absolute atomic E-state index is 12.5. The highest BCUT2D eigenvalue weighted by Crippen LogP contribution is 2.34. The molecule has 0 aliphatic rings. The maximum Gasteiger partial charge on any atom is 0.240 e. The smallest absolute Gasteiger partial charge is 0.240 e. The summed E-state index contributed by atoms with van der Waals surface area (Å²) in [6.07, 6.45) is 5.30. The standard InChI is InChI=1S/C21H18N6O3S2/c28-21-16(19-17(27-21)5-6-18-20(19)31-12-25-18)10-23-13-1-3-15(4-2-13)32(29,30)26-8-7-14-9-22-11-24-14/h1-6,9-12,26-28H,7-8H2,(H,22,24). The van der Waals surface area contributed by atoms with E-state index in [-0.39, 0.29) is 17.3 Å². The van der Waals surface area contributed by atoms with Gasteiger partial charge in [0.2, 0.25) is 10.0 Å². The van der Waals surface area contributed by atoms with Crippen molar-refractivity contribution in [3.05, 3.63) is 65.7 Å². The van der Waals surface area contributed by atoms with Crippen LogP contribution >= 0.6 is 11.3 Å². The van der Waals surface area contributed by atoms with Gasteiger partial charge in [-0.1, -0.05) is 0 Å². The number of rotatable bonds is 7. The quantitative estimate of drug-likeness (QED) is 0.272. The third-order valence-corrected chi connectivity index (χ3v) is 7.34. The molecular formula is C21H18N6O3S2. The van der Waals surface area contributed by atoms with Crippen molar-refractivity contribution in [2.24, 2.45) is 4.99 Å². The number of imidazole rings is 1. The number of thiazole rings is 1. The number of nitrogens with zero attached hydrogens (tertiary/aromatic N) is 3. The first-order valence-electron chi connectivity index (χ1n) is 9.69. The first-order chi connectivity index (χ1) is 15.5. The van der Waals surface area contributed by atoms with E-state index in [4.69, 9.17) is 0 Å². The van der Waals surface area contributed by atoms with E-state index in [1.165, 1.54) is 23.5 Å². The van der Waals surface area contributed by atoms with E-state index >= 15 is 0 Å². The van der Waals surface area contributed by atoms with Crippen molar-refractivity contribution < 1.29 is 13.5 Å². The lowest BCUT2D eigenvalue weighted by atomic mass is 10.1. The normalized spacial score (nSPS) is 12.4. The summed E-state index contributed by atoms with van der Waals surface area (Å²) in [5.74, 6) is 0.0188. The van der Waals surface area contributed by atoms with Crippen molar-refractivity contribution in [3.63, 3.8) is 0 Å². The maximum atomic E-state index is 12.5. The van der Waals surface area contributed by atoms with Gasteiger partial charge < -0.3 is 15.1 Å². The number of fused-ring (bicyclic) bond motifs is 3. The second-order valence-corrected chi connectivity index (χ2v) is 9.67. The summed E-state index contributed by atoms with van der Waals surface area (Å²) < 4.78 is 28.5. The number of nitrogens with one attached hydrogen (secondary N) is 3. The molecule has 5 rings (SSSR count). The Bertz CT molecular complexity index is 1520. The van der Waals surface area contributed by atoms with E-state index in [0.29, 0.717) is 17.7 Å². The van der Waals surface area contributed by atoms with Crippen LogP contribution in [-0.4, -0.2) is 46.2 Å². The molecule has 9 nitrogen and oxygen atoms in total. The van der Waals surface area contributed by atoms with E-state index < -0.39 is 10.0 Å². The highest BCUT2D eigenvalue weighted by atomic mass is 32.2. The van der Waals surface area contributed by atoms with Gasteiger partial charge in [-0.25, -0.2) is 23.1 Å². The topological polar surface area (TPSA) is 136 Å². The van der Waals surface area contributed by atoms with E-state index in [0.717, 1.165) is 26.8 Å². The number of sulfonamides is 1. The minimum Gasteiger partial charge on any atom is -0.494 e. The minimum absolute atomic E-state index is 0.0188. The van der Waals surface area contributed by atoms with Gasteiger partial charge in [0, 0.05) is 36.5 Å². The van der Waals surface area contributed by atoms with Crippen LogP contribution < -0.4 is 4.72 Å². The number of aliphatic imine (C=N–C) groups is 1. The molecule has 162 valence electrons. The van der Waals surface area contributed by atoms with Gasteiger partial charge in [0.05, 0.1) is 43.7 Å². The molecule has 0 saturated carbocycles. The van der Waals surface area contributed by atoms with Crippen molar-refractivity contribution in [2.45, 2.75) is 11.3 Å².